The van der Waals surface area contributed by atoms with Crippen LogP contribution >= 0.6 is 11.3 Å². The van der Waals surface area contributed by atoms with Crippen LogP contribution < -0.4 is 10.2 Å². The Balaban J connectivity index is 1.34. The SMILES string of the molecule is Cc1nc(/C=C/C(=O)NCCN2CCN(c3ccccc3)CC2)cs1. The molecule has 1 aromatic carbocycles. The Bertz CT molecular complexity index is 705. The van der Waals surface area contributed by atoms with Gasteiger partial charge >= 0.3 is 0 Å². The highest BCUT2D eigenvalue weighted by atomic mass is 32.1. The van der Waals surface area contributed by atoms with Gasteiger partial charge in [0.15, 0.2) is 0 Å². The molecule has 0 atom stereocenters. The first-order valence-corrected chi connectivity index (χ1v) is 9.49. The fourth-order valence-corrected chi connectivity index (χ4v) is 3.46. The van der Waals surface area contributed by atoms with E-state index in [4.69, 9.17) is 0 Å². The van der Waals surface area contributed by atoms with Crippen molar-refractivity contribution in [3.05, 3.63) is 52.5 Å². The molecule has 2 heterocycles. The molecule has 0 unspecified atom stereocenters. The van der Waals surface area contributed by atoms with E-state index in [0.717, 1.165) is 43.4 Å². The van der Waals surface area contributed by atoms with Gasteiger partial charge in [-0.3, -0.25) is 9.69 Å². The van der Waals surface area contributed by atoms with Gasteiger partial charge in [-0.1, -0.05) is 18.2 Å². The Kier molecular flexibility index (Phi) is 6.19. The van der Waals surface area contributed by atoms with Crippen LogP contribution in [0, 0.1) is 6.92 Å². The zero-order chi connectivity index (χ0) is 17.5. The van der Waals surface area contributed by atoms with E-state index in [1.54, 1.807) is 23.5 Å². The normalized spacial score (nSPS) is 15.6. The minimum atomic E-state index is -0.0615. The second-order valence-corrected chi connectivity index (χ2v) is 7.14. The van der Waals surface area contributed by atoms with E-state index >= 15 is 0 Å². The summed E-state index contributed by atoms with van der Waals surface area (Å²) >= 11 is 1.59. The third-order valence-electron chi connectivity index (χ3n) is 4.26. The molecule has 0 radical (unpaired) electrons. The molecule has 132 valence electrons. The topological polar surface area (TPSA) is 48.5 Å². The average Bonchev–Trinajstić information content (AvgIpc) is 3.07. The summed E-state index contributed by atoms with van der Waals surface area (Å²) in [6.07, 6.45) is 3.32. The van der Waals surface area contributed by atoms with E-state index in [9.17, 15) is 4.79 Å². The first-order chi connectivity index (χ1) is 12.2. The van der Waals surface area contributed by atoms with Gasteiger partial charge in [0.1, 0.15) is 0 Å². The Morgan fingerprint density at radius 1 is 1.24 bits per heavy atom. The van der Waals surface area contributed by atoms with Gasteiger partial charge in [-0.05, 0) is 25.1 Å². The second-order valence-electron chi connectivity index (χ2n) is 6.08. The molecule has 2 aromatic rings. The number of piperazine rings is 1. The Morgan fingerprint density at radius 2 is 2.00 bits per heavy atom. The molecule has 1 aliphatic heterocycles. The third kappa shape index (κ3) is 5.41. The van der Waals surface area contributed by atoms with Crippen molar-refractivity contribution in [2.45, 2.75) is 6.92 Å². The van der Waals surface area contributed by atoms with Gasteiger partial charge < -0.3 is 10.2 Å². The molecule has 1 N–H and O–H groups in total. The van der Waals surface area contributed by atoms with Crippen molar-refractivity contribution < 1.29 is 4.79 Å². The number of rotatable bonds is 6. The zero-order valence-electron chi connectivity index (χ0n) is 14.5. The van der Waals surface area contributed by atoms with Crippen LogP contribution in [-0.2, 0) is 4.79 Å². The van der Waals surface area contributed by atoms with Gasteiger partial charge in [-0.25, -0.2) is 4.98 Å². The Morgan fingerprint density at radius 3 is 2.68 bits per heavy atom. The van der Waals surface area contributed by atoms with Crippen LogP contribution in [-0.4, -0.2) is 55.1 Å². The molecule has 1 fully saturated rings. The van der Waals surface area contributed by atoms with Gasteiger partial charge in [-0.2, -0.15) is 0 Å². The molecule has 3 rings (SSSR count). The summed E-state index contributed by atoms with van der Waals surface area (Å²) in [5.41, 5.74) is 2.13. The van der Waals surface area contributed by atoms with Gasteiger partial charge in [0, 0.05) is 56.4 Å². The van der Waals surface area contributed by atoms with E-state index in [1.165, 1.54) is 5.69 Å². The number of nitrogens with zero attached hydrogens (tertiary/aromatic N) is 3. The number of amides is 1. The lowest BCUT2D eigenvalue weighted by Gasteiger charge is -2.36. The molecule has 0 bridgehead atoms. The number of carbonyl (C=O) groups is 1. The summed E-state index contributed by atoms with van der Waals surface area (Å²) in [7, 11) is 0. The van der Waals surface area contributed by atoms with Crippen LogP contribution in [0.1, 0.15) is 10.7 Å². The number of hydrogen-bond donors (Lipinski definition) is 1. The Labute approximate surface area is 153 Å². The van der Waals surface area contributed by atoms with Crippen molar-refractivity contribution >= 4 is 29.0 Å². The molecule has 1 amide bonds. The molecule has 0 aliphatic carbocycles. The summed E-state index contributed by atoms with van der Waals surface area (Å²) in [4.78, 5) is 21.0. The highest BCUT2D eigenvalue weighted by Gasteiger charge is 2.16. The lowest BCUT2D eigenvalue weighted by atomic mass is 10.2. The number of carbonyl (C=O) groups excluding carboxylic acids is 1. The van der Waals surface area contributed by atoms with E-state index in [1.807, 2.05) is 18.4 Å². The molecule has 0 saturated carbocycles. The van der Waals surface area contributed by atoms with Crippen molar-refractivity contribution in [1.29, 1.82) is 0 Å². The van der Waals surface area contributed by atoms with Gasteiger partial charge in [0.25, 0.3) is 0 Å². The minimum absolute atomic E-state index is 0.0615. The van der Waals surface area contributed by atoms with E-state index in [0.29, 0.717) is 6.54 Å². The first-order valence-electron chi connectivity index (χ1n) is 8.61. The molecule has 6 heteroatoms. The van der Waals surface area contributed by atoms with Gasteiger partial charge in [-0.15, -0.1) is 11.3 Å². The molecular weight excluding hydrogens is 332 g/mol. The molecule has 5 nitrogen and oxygen atoms in total. The number of aromatic nitrogens is 1. The van der Waals surface area contributed by atoms with Crippen LogP contribution in [0.4, 0.5) is 5.69 Å². The number of benzene rings is 1. The van der Waals surface area contributed by atoms with Crippen LogP contribution in [0.2, 0.25) is 0 Å². The number of nitrogens with one attached hydrogen (secondary N) is 1. The number of aryl methyl sites for hydroxylation is 1. The minimum Gasteiger partial charge on any atom is -0.369 e. The highest BCUT2D eigenvalue weighted by Crippen LogP contribution is 2.15. The monoisotopic (exact) mass is 356 g/mol. The quantitative estimate of drug-likeness (QED) is 0.808. The Hall–Kier alpha value is -2.18. The van der Waals surface area contributed by atoms with Crippen molar-refractivity contribution in [1.82, 2.24) is 15.2 Å². The van der Waals surface area contributed by atoms with Crippen molar-refractivity contribution in [3.8, 4) is 0 Å². The van der Waals surface area contributed by atoms with Gasteiger partial charge in [0.2, 0.25) is 5.91 Å². The molecular formula is C19H24N4OS. The molecule has 25 heavy (non-hydrogen) atoms. The summed E-state index contributed by atoms with van der Waals surface area (Å²) in [6, 6.07) is 10.5. The summed E-state index contributed by atoms with van der Waals surface area (Å²) < 4.78 is 0. The van der Waals surface area contributed by atoms with E-state index in [2.05, 4.69) is 44.4 Å². The molecule has 1 aliphatic rings. The maximum absolute atomic E-state index is 11.9. The summed E-state index contributed by atoms with van der Waals surface area (Å²) in [5, 5.41) is 5.90. The number of anilines is 1. The zero-order valence-corrected chi connectivity index (χ0v) is 15.3. The van der Waals surface area contributed by atoms with Crippen LogP contribution in [0.25, 0.3) is 6.08 Å². The second kappa shape index (κ2) is 8.78. The van der Waals surface area contributed by atoms with Crippen molar-refractivity contribution in [2.75, 3.05) is 44.2 Å². The average molecular weight is 356 g/mol. The molecule has 1 aromatic heterocycles. The number of hydrogen-bond acceptors (Lipinski definition) is 5. The van der Waals surface area contributed by atoms with Crippen LogP contribution in [0.15, 0.2) is 41.8 Å². The van der Waals surface area contributed by atoms with E-state index in [-0.39, 0.29) is 5.91 Å². The maximum atomic E-state index is 11.9. The molecule has 0 spiro atoms. The lowest BCUT2D eigenvalue weighted by Crippen LogP contribution is -2.48. The third-order valence-corrected chi connectivity index (χ3v) is 5.05. The van der Waals surface area contributed by atoms with Gasteiger partial charge in [0.05, 0.1) is 10.7 Å². The predicted octanol–water partition coefficient (Wildman–Crippen LogP) is 2.40. The number of para-hydroxylation sites is 1. The smallest absolute Gasteiger partial charge is 0.244 e. The van der Waals surface area contributed by atoms with Crippen molar-refractivity contribution in [2.24, 2.45) is 0 Å². The number of thiazole rings is 1. The lowest BCUT2D eigenvalue weighted by molar-refractivity contribution is -0.116. The fraction of sp³-hybridized carbons (Fsp3) is 0.368. The maximum Gasteiger partial charge on any atom is 0.244 e. The predicted molar refractivity (Wildman–Crippen MR) is 104 cm³/mol. The highest BCUT2D eigenvalue weighted by molar-refractivity contribution is 7.09. The summed E-state index contributed by atoms with van der Waals surface area (Å²) in [5.74, 6) is -0.0615. The van der Waals surface area contributed by atoms with Crippen LogP contribution in [0.3, 0.4) is 0 Å². The first kappa shape index (κ1) is 17.6. The largest absolute Gasteiger partial charge is 0.369 e. The summed E-state index contributed by atoms with van der Waals surface area (Å²) in [6.45, 7) is 7.63. The fourth-order valence-electron chi connectivity index (χ4n) is 2.88. The molecule has 1 saturated heterocycles. The standard InChI is InChI=1S/C19H24N4OS/c1-16-21-17(15-25-16)7-8-19(24)20-9-10-22-11-13-23(14-12-22)18-5-3-2-4-6-18/h2-8,15H,9-14H2,1H3,(H,20,24)/b8-7+. The van der Waals surface area contributed by atoms with Crippen molar-refractivity contribution in [3.63, 3.8) is 0 Å². The van der Waals surface area contributed by atoms with E-state index < -0.39 is 0 Å². The van der Waals surface area contributed by atoms with Crippen LogP contribution in [0.5, 0.6) is 0 Å².